The predicted molar refractivity (Wildman–Crippen MR) is 93.0 cm³/mol. The predicted octanol–water partition coefficient (Wildman–Crippen LogP) is 1.26. The smallest absolute Gasteiger partial charge is 0.326 e. The number of carbonyl (C=O) groups excluding carboxylic acids is 1. The maximum Gasteiger partial charge on any atom is 0.326 e. The highest BCUT2D eigenvalue weighted by Gasteiger charge is 2.27. The van der Waals surface area contributed by atoms with E-state index in [0.717, 1.165) is 37.0 Å². The van der Waals surface area contributed by atoms with Gasteiger partial charge in [0.1, 0.15) is 6.54 Å². The molecule has 3 N–H and O–H groups in total. The Morgan fingerprint density at radius 2 is 2.00 bits per heavy atom. The summed E-state index contributed by atoms with van der Waals surface area (Å²) in [5, 5.41) is 6.31. The molecule has 1 fully saturated rings. The van der Waals surface area contributed by atoms with Crippen molar-refractivity contribution in [3.8, 4) is 0 Å². The Labute approximate surface area is 141 Å². The van der Waals surface area contributed by atoms with Crippen LogP contribution in [-0.2, 0) is 11.3 Å². The molecule has 23 heavy (non-hydrogen) atoms. The molecule has 1 aromatic heterocycles. The SMILES string of the molecule is CC1(CNC(=O)Cn2c(=O)[nH]c3ccccc32)CCNCC1.Cl. The molecule has 0 spiro atoms. The van der Waals surface area contributed by atoms with Gasteiger partial charge >= 0.3 is 5.69 Å². The molecule has 7 heteroatoms. The van der Waals surface area contributed by atoms with E-state index < -0.39 is 0 Å². The molecule has 1 saturated heterocycles. The average Bonchev–Trinajstić information content (AvgIpc) is 2.82. The molecule has 126 valence electrons. The van der Waals surface area contributed by atoms with E-state index in [1.807, 2.05) is 24.3 Å². The number of hydrogen-bond acceptors (Lipinski definition) is 3. The van der Waals surface area contributed by atoms with Crippen molar-refractivity contribution < 1.29 is 4.79 Å². The Hall–Kier alpha value is -1.79. The Bertz CT molecular complexity index is 731. The Kier molecular flexibility index (Phi) is 5.49. The van der Waals surface area contributed by atoms with Gasteiger partial charge in [-0.05, 0) is 43.5 Å². The highest BCUT2D eigenvalue weighted by Crippen LogP contribution is 2.26. The van der Waals surface area contributed by atoms with Crippen LogP contribution < -0.4 is 16.3 Å². The van der Waals surface area contributed by atoms with Crippen LogP contribution in [0.15, 0.2) is 29.1 Å². The summed E-state index contributed by atoms with van der Waals surface area (Å²) < 4.78 is 1.48. The number of aromatic amines is 1. The number of para-hydroxylation sites is 2. The van der Waals surface area contributed by atoms with Gasteiger partial charge in [-0.2, -0.15) is 0 Å². The molecule has 0 radical (unpaired) electrons. The minimum atomic E-state index is -0.246. The lowest BCUT2D eigenvalue weighted by atomic mass is 9.81. The molecule has 6 nitrogen and oxygen atoms in total. The number of nitrogens with zero attached hydrogens (tertiary/aromatic N) is 1. The number of carbonyl (C=O) groups is 1. The number of imidazole rings is 1. The third-order valence-corrected chi connectivity index (χ3v) is 4.51. The second-order valence-corrected chi connectivity index (χ2v) is 6.37. The van der Waals surface area contributed by atoms with Crippen LogP contribution in [0.1, 0.15) is 19.8 Å². The van der Waals surface area contributed by atoms with Crippen molar-refractivity contribution in [2.24, 2.45) is 5.41 Å². The van der Waals surface area contributed by atoms with Gasteiger partial charge in [-0.15, -0.1) is 12.4 Å². The number of rotatable bonds is 4. The standard InChI is InChI=1S/C16H22N4O2.ClH/c1-16(6-8-17-9-7-16)11-18-14(21)10-20-13-5-3-2-4-12(13)19-15(20)22;/h2-5,17H,6-11H2,1H3,(H,18,21)(H,19,22);1H. The van der Waals surface area contributed by atoms with Gasteiger partial charge in [0.15, 0.2) is 0 Å². The second-order valence-electron chi connectivity index (χ2n) is 6.37. The number of H-pyrrole nitrogens is 1. The minimum Gasteiger partial charge on any atom is -0.354 e. The number of fused-ring (bicyclic) bond motifs is 1. The third kappa shape index (κ3) is 3.95. The van der Waals surface area contributed by atoms with Crippen LogP contribution in [0.2, 0.25) is 0 Å². The highest BCUT2D eigenvalue weighted by atomic mass is 35.5. The minimum absolute atomic E-state index is 0. The molecule has 1 aliphatic rings. The molecule has 1 amide bonds. The summed E-state index contributed by atoms with van der Waals surface area (Å²) in [6.07, 6.45) is 2.11. The van der Waals surface area contributed by atoms with Crippen molar-refractivity contribution in [2.45, 2.75) is 26.3 Å². The van der Waals surface area contributed by atoms with Crippen molar-refractivity contribution in [3.63, 3.8) is 0 Å². The quantitative estimate of drug-likeness (QED) is 0.785. The maximum atomic E-state index is 12.2. The summed E-state index contributed by atoms with van der Waals surface area (Å²) >= 11 is 0. The molecule has 0 aliphatic carbocycles. The fourth-order valence-corrected chi connectivity index (χ4v) is 2.98. The summed E-state index contributed by atoms with van der Waals surface area (Å²) in [7, 11) is 0. The maximum absolute atomic E-state index is 12.2. The molecule has 0 saturated carbocycles. The summed E-state index contributed by atoms with van der Waals surface area (Å²) in [6.45, 7) is 4.90. The first kappa shape index (κ1) is 17.6. The summed E-state index contributed by atoms with van der Waals surface area (Å²) in [4.78, 5) is 26.9. The number of halogens is 1. The van der Waals surface area contributed by atoms with Crippen molar-refractivity contribution in [1.82, 2.24) is 20.2 Å². The van der Waals surface area contributed by atoms with E-state index >= 15 is 0 Å². The molecule has 1 aromatic carbocycles. The fraction of sp³-hybridized carbons (Fsp3) is 0.500. The first-order chi connectivity index (χ1) is 10.6. The molecule has 2 heterocycles. The van der Waals surface area contributed by atoms with Crippen LogP contribution in [0.4, 0.5) is 0 Å². The van der Waals surface area contributed by atoms with Gasteiger partial charge in [0.05, 0.1) is 11.0 Å². The lowest BCUT2D eigenvalue weighted by Gasteiger charge is -2.34. The molecule has 0 unspecified atom stereocenters. The van der Waals surface area contributed by atoms with Crippen molar-refractivity contribution >= 4 is 29.3 Å². The number of piperidine rings is 1. The lowest BCUT2D eigenvalue weighted by molar-refractivity contribution is -0.122. The first-order valence-electron chi connectivity index (χ1n) is 7.72. The van der Waals surface area contributed by atoms with Gasteiger partial charge in [0, 0.05) is 6.54 Å². The van der Waals surface area contributed by atoms with Crippen LogP contribution in [0, 0.1) is 5.41 Å². The van der Waals surface area contributed by atoms with Crippen LogP contribution in [0.3, 0.4) is 0 Å². The number of nitrogens with one attached hydrogen (secondary N) is 3. The molecule has 2 aromatic rings. The monoisotopic (exact) mass is 338 g/mol. The molecular weight excluding hydrogens is 316 g/mol. The van der Waals surface area contributed by atoms with Gasteiger partial charge in [0.2, 0.25) is 5.91 Å². The van der Waals surface area contributed by atoms with Crippen LogP contribution in [-0.4, -0.2) is 35.1 Å². The van der Waals surface area contributed by atoms with Gasteiger partial charge < -0.3 is 15.6 Å². The first-order valence-corrected chi connectivity index (χ1v) is 7.72. The number of hydrogen-bond donors (Lipinski definition) is 3. The van der Waals surface area contributed by atoms with E-state index in [1.54, 1.807) is 0 Å². The van der Waals surface area contributed by atoms with E-state index in [4.69, 9.17) is 0 Å². The Morgan fingerprint density at radius 1 is 1.30 bits per heavy atom. The molecule has 0 atom stereocenters. The summed E-state index contributed by atoms with van der Waals surface area (Å²) in [6, 6.07) is 7.40. The highest BCUT2D eigenvalue weighted by molar-refractivity contribution is 5.85. The molecular formula is C16H23ClN4O2. The van der Waals surface area contributed by atoms with Gasteiger partial charge in [-0.3, -0.25) is 9.36 Å². The van der Waals surface area contributed by atoms with Crippen molar-refractivity contribution in [1.29, 1.82) is 0 Å². The molecule has 0 bridgehead atoms. The molecule has 3 rings (SSSR count). The Morgan fingerprint density at radius 3 is 2.74 bits per heavy atom. The van der Waals surface area contributed by atoms with Gasteiger partial charge in [0.25, 0.3) is 0 Å². The summed E-state index contributed by atoms with van der Waals surface area (Å²) in [5.74, 6) is -0.119. The van der Waals surface area contributed by atoms with E-state index in [0.29, 0.717) is 6.54 Å². The topological polar surface area (TPSA) is 78.9 Å². The third-order valence-electron chi connectivity index (χ3n) is 4.51. The van der Waals surface area contributed by atoms with E-state index in [9.17, 15) is 9.59 Å². The van der Waals surface area contributed by atoms with Gasteiger partial charge in [-0.1, -0.05) is 19.1 Å². The van der Waals surface area contributed by atoms with Gasteiger partial charge in [-0.25, -0.2) is 4.79 Å². The zero-order valence-corrected chi connectivity index (χ0v) is 14.0. The van der Waals surface area contributed by atoms with Crippen LogP contribution >= 0.6 is 12.4 Å². The zero-order chi connectivity index (χ0) is 15.6. The van der Waals surface area contributed by atoms with Crippen LogP contribution in [0.25, 0.3) is 11.0 Å². The number of aromatic nitrogens is 2. The van der Waals surface area contributed by atoms with Crippen molar-refractivity contribution in [3.05, 3.63) is 34.7 Å². The fourth-order valence-electron chi connectivity index (χ4n) is 2.98. The van der Waals surface area contributed by atoms with E-state index in [2.05, 4.69) is 22.5 Å². The molecule has 1 aliphatic heterocycles. The van der Waals surface area contributed by atoms with E-state index in [-0.39, 0.29) is 36.0 Å². The Balaban J connectivity index is 0.00000192. The van der Waals surface area contributed by atoms with E-state index in [1.165, 1.54) is 4.57 Å². The second kappa shape index (κ2) is 7.19. The van der Waals surface area contributed by atoms with Crippen LogP contribution in [0.5, 0.6) is 0 Å². The average molecular weight is 339 g/mol. The van der Waals surface area contributed by atoms with Crippen molar-refractivity contribution in [2.75, 3.05) is 19.6 Å². The largest absolute Gasteiger partial charge is 0.354 e. The summed E-state index contributed by atoms with van der Waals surface area (Å²) in [5.41, 5.74) is 1.41. The number of amides is 1. The lowest BCUT2D eigenvalue weighted by Crippen LogP contribution is -2.44. The normalized spacial score (nSPS) is 16.7. The zero-order valence-electron chi connectivity index (χ0n) is 13.2. The number of benzene rings is 1.